The second-order valence-electron chi connectivity index (χ2n) is 3.53. The van der Waals surface area contributed by atoms with E-state index in [9.17, 15) is 10.1 Å². The van der Waals surface area contributed by atoms with E-state index >= 15 is 0 Å². The van der Waals surface area contributed by atoms with Crippen LogP contribution in [0.25, 0.3) is 0 Å². The van der Waals surface area contributed by atoms with E-state index in [1.54, 1.807) is 12.2 Å². The lowest BCUT2D eigenvalue weighted by molar-refractivity contribution is -0.540. The lowest BCUT2D eigenvalue weighted by Crippen LogP contribution is -2.44. The third-order valence-corrected chi connectivity index (χ3v) is 1.99. The molecule has 0 heterocycles. The van der Waals surface area contributed by atoms with Gasteiger partial charge in [0.2, 0.25) is 0 Å². The molecule has 4 heteroatoms. The van der Waals surface area contributed by atoms with Gasteiger partial charge >= 0.3 is 0 Å². The van der Waals surface area contributed by atoms with Crippen LogP contribution in [0.5, 0.6) is 0 Å². The van der Waals surface area contributed by atoms with Crippen LogP contribution in [0.3, 0.4) is 0 Å². The Morgan fingerprint density at radius 3 is 2.38 bits per heavy atom. The number of hydrogen-bond donors (Lipinski definition) is 0. The first kappa shape index (κ1) is 9.92. The second kappa shape index (κ2) is 3.70. The Morgan fingerprint density at radius 1 is 1.46 bits per heavy atom. The largest absolute Gasteiger partial charge is 0.302 e. The van der Waals surface area contributed by atoms with Gasteiger partial charge in [0.15, 0.2) is 0 Å². The first-order chi connectivity index (χ1) is 6.07. The average Bonchev–Trinajstić information content (AvgIpc) is 2.04. The van der Waals surface area contributed by atoms with Gasteiger partial charge in [0, 0.05) is 4.92 Å². The Kier molecular flexibility index (Phi) is 2.83. The molecule has 1 aliphatic carbocycles. The predicted octanol–water partition coefficient (Wildman–Crippen LogP) is 1.08. The number of hydrogen-bond acceptors (Lipinski definition) is 3. The number of rotatable bonds is 3. The Bertz CT molecular complexity index is 244. The number of nitro groups is 1. The maximum atomic E-state index is 10.9. The van der Waals surface area contributed by atoms with Gasteiger partial charge in [-0.1, -0.05) is 12.2 Å². The Balaban J connectivity index is 2.87. The molecule has 0 aromatic rings. The third-order valence-electron chi connectivity index (χ3n) is 1.99. The van der Waals surface area contributed by atoms with Crippen LogP contribution in [0, 0.1) is 10.1 Å². The average molecular weight is 182 g/mol. The van der Waals surface area contributed by atoms with Gasteiger partial charge in [0.1, 0.15) is 0 Å². The van der Waals surface area contributed by atoms with Gasteiger partial charge in [-0.2, -0.15) is 0 Å². The molecule has 0 spiro atoms. The quantitative estimate of drug-likeness (QED) is 0.373. The van der Waals surface area contributed by atoms with Crippen LogP contribution in [0.2, 0.25) is 0 Å². The van der Waals surface area contributed by atoms with Crippen LogP contribution in [-0.4, -0.2) is 36.0 Å². The van der Waals surface area contributed by atoms with Crippen molar-refractivity contribution in [1.82, 2.24) is 4.90 Å². The molecule has 0 saturated heterocycles. The van der Waals surface area contributed by atoms with E-state index < -0.39 is 5.54 Å². The van der Waals surface area contributed by atoms with E-state index in [0.29, 0.717) is 6.54 Å². The van der Waals surface area contributed by atoms with Crippen molar-refractivity contribution in [1.29, 1.82) is 0 Å². The zero-order valence-electron chi connectivity index (χ0n) is 7.93. The summed E-state index contributed by atoms with van der Waals surface area (Å²) < 4.78 is 0. The van der Waals surface area contributed by atoms with Crippen LogP contribution >= 0.6 is 0 Å². The molecule has 0 aromatic heterocycles. The van der Waals surface area contributed by atoms with Crippen LogP contribution in [0.4, 0.5) is 0 Å². The summed E-state index contributed by atoms with van der Waals surface area (Å²) in [5.74, 6) is 0. The molecule has 0 atom stereocenters. The fourth-order valence-corrected chi connectivity index (χ4v) is 1.47. The highest BCUT2D eigenvalue weighted by Gasteiger charge is 2.38. The number of nitrogens with zero attached hydrogens (tertiary/aromatic N) is 2. The molecular weight excluding hydrogens is 168 g/mol. The summed E-state index contributed by atoms with van der Waals surface area (Å²) in [6, 6.07) is 0. The van der Waals surface area contributed by atoms with Gasteiger partial charge in [-0.05, 0) is 32.7 Å². The van der Waals surface area contributed by atoms with E-state index in [4.69, 9.17) is 0 Å². The van der Waals surface area contributed by atoms with Gasteiger partial charge in [-0.3, -0.25) is 10.1 Å². The topological polar surface area (TPSA) is 46.4 Å². The molecule has 4 nitrogen and oxygen atoms in total. The van der Waals surface area contributed by atoms with Crippen molar-refractivity contribution in [3.8, 4) is 0 Å². The molecule has 0 aliphatic heterocycles. The maximum Gasteiger partial charge on any atom is 0.270 e. The van der Waals surface area contributed by atoms with Crippen LogP contribution in [0.15, 0.2) is 24.3 Å². The van der Waals surface area contributed by atoms with Crippen molar-refractivity contribution in [3.05, 3.63) is 34.4 Å². The van der Waals surface area contributed by atoms with E-state index in [1.165, 1.54) is 0 Å². The van der Waals surface area contributed by atoms with Gasteiger partial charge < -0.3 is 4.90 Å². The molecule has 0 N–H and O–H groups in total. The van der Waals surface area contributed by atoms with Crippen molar-refractivity contribution in [2.24, 2.45) is 0 Å². The van der Waals surface area contributed by atoms with Gasteiger partial charge in [0.25, 0.3) is 5.54 Å². The summed E-state index contributed by atoms with van der Waals surface area (Å²) in [6.45, 7) is 0.410. The van der Waals surface area contributed by atoms with Crippen molar-refractivity contribution >= 4 is 0 Å². The van der Waals surface area contributed by atoms with Crippen molar-refractivity contribution in [3.63, 3.8) is 0 Å². The lowest BCUT2D eigenvalue weighted by atomic mass is 9.94. The highest BCUT2D eigenvalue weighted by Crippen LogP contribution is 2.19. The Labute approximate surface area is 77.7 Å². The van der Waals surface area contributed by atoms with Crippen LogP contribution in [-0.2, 0) is 0 Å². The normalized spacial score (nSPS) is 19.3. The Hall–Kier alpha value is -1.16. The minimum Gasteiger partial charge on any atom is -0.302 e. The molecule has 0 aromatic carbocycles. The summed E-state index contributed by atoms with van der Waals surface area (Å²) >= 11 is 0. The highest BCUT2D eigenvalue weighted by atomic mass is 16.6. The highest BCUT2D eigenvalue weighted by molar-refractivity contribution is 5.20. The minimum atomic E-state index is -1.01. The van der Waals surface area contributed by atoms with Crippen LogP contribution in [0.1, 0.15) is 6.42 Å². The van der Waals surface area contributed by atoms with Gasteiger partial charge in [-0.25, -0.2) is 0 Å². The van der Waals surface area contributed by atoms with E-state index in [1.807, 2.05) is 31.1 Å². The summed E-state index contributed by atoms with van der Waals surface area (Å²) in [7, 11) is 3.67. The molecule has 0 unspecified atom stereocenters. The fourth-order valence-electron chi connectivity index (χ4n) is 1.47. The SMILES string of the molecule is CN(C)CC1([N+](=O)[O-])C=CCC=C1. The minimum absolute atomic E-state index is 0.237. The molecule has 0 fully saturated rings. The lowest BCUT2D eigenvalue weighted by Gasteiger charge is -2.23. The standard InChI is InChI=1S/C9H14N2O2/c1-10(2)8-9(11(12)13)6-4-3-5-7-9/h4-7H,3,8H2,1-2H3. The zero-order chi connectivity index (χ0) is 9.90. The summed E-state index contributed by atoms with van der Waals surface area (Å²) in [5, 5.41) is 10.9. The molecule has 0 saturated carbocycles. The summed E-state index contributed by atoms with van der Waals surface area (Å²) in [6.07, 6.45) is 7.82. The molecule has 0 amide bonds. The maximum absolute atomic E-state index is 10.9. The van der Waals surface area contributed by atoms with Crippen LogP contribution < -0.4 is 0 Å². The molecule has 0 radical (unpaired) electrons. The van der Waals surface area contributed by atoms with E-state index in [0.717, 1.165) is 6.42 Å². The molecular formula is C9H14N2O2. The summed E-state index contributed by atoms with van der Waals surface area (Å²) in [4.78, 5) is 12.5. The molecule has 72 valence electrons. The molecule has 1 rings (SSSR count). The van der Waals surface area contributed by atoms with Crippen molar-refractivity contribution in [2.75, 3.05) is 20.6 Å². The third kappa shape index (κ3) is 2.15. The monoisotopic (exact) mass is 182 g/mol. The number of allylic oxidation sites excluding steroid dienone is 2. The molecule has 0 bridgehead atoms. The van der Waals surface area contributed by atoms with Crippen molar-refractivity contribution < 1.29 is 4.92 Å². The molecule has 1 aliphatic rings. The smallest absolute Gasteiger partial charge is 0.270 e. The molecule has 13 heavy (non-hydrogen) atoms. The first-order valence-electron chi connectivity index (χ1n) is 4.21. The van der Waals surface area contributed by atoms with Crippen molar-refractivity contribution in [2.45, 2.75) is 12.0 Å². The van der Waals surface area contributed by atoms with E-state index in [-0.39, 0.29) is 4.92 Å². The summed E-state index contributed by atoms with van der Waals surface area (Å²) in [5.41, 5.74) is -1.01. The first-order valence-corrected chi connectivity index (χ1v) is 4.21. The second-order valence-corrected chi connectivity index (χ2v) is 3.53. The van der Waals surface area contributed by atoms with E-state index in [2.05, 4.69) is 0 Å². The number of likely N-dealkylation sites (N-methyl/N-ethyl adjacent to an activating group) is 1. The zero-order valence-corrected chi connectivity index (χ0v) is 7.93. The van der Waals surface area contributed by atoms with Gasteiger partial charge in [0.05, 0.1) is 6.54 Å². The Morgan fingerprint density at radius 2 is 2.00 bits per heavy atom. The van der Waals surface area contributed by atoms with Gasteiger partial charge in [-0.15, -0.1) is 0 Å². The predicted molar refractivity (Wildman–Crippen MR) is 51.2 cm³/mol. The fraction of sp³-hybridized carbons (Fsp3) is 0.556.